The van der Waals surface area contributed by atoms with Crippen molar-refractivity contribution in [3.8, 4) is 0 Å². The van der Waals surface area contributed by atoms with Crippen molar-refractivity contribution in [2.75, 3.05) is 6.61 Å². The molecular weight excluding hydrogens is 235 g/mol. The topological polar surface area (TPSA) is 119 Å². The van der Waals surface area contributed by atoms with E-state index in [0.29, 0.717) is 0 Å². The van der Waals surface area contributed by atoms with Gasteiger partial charge in [-0.05, 0) is 0 Å². The molecule has 0 aliphatic carbocycles. The van der Waals surface area contributed by atoms with E-state index in [-0.39, 0.29) is 6.61 Å². The van der Waals surface area contributed by atoms with E-state index in [1.165, 1.54) is 6.08 Å². The molecule has 0 aromatic heterocycles. The summed E-state index contributed by atoms with van der Waals surface area (Å²) in [5.74, 6) is -2.79. The predicted molar refractivity (Wildman–Crippen MR) is 54.8 cm³/mol. The first-order valence-corrected chi connectivity index (χ1v) is 4.58. The minimum Gasteiger partial charge on any atom is -0.480 e. The van der Waals surface area contributed by atoms with Crippen LogP contribution in [0.1, 0.15) is 6.42 Å². The molecule has 0 aromatic rings. The second-order valence-electron chi connectivity index (χ2n) is 3.03. The van der Waals surface area contributed by atoms with Crippen LogP contribution >= 0.6 is 0 Å². The quantitative estimate of drug-likeness (QED) is 0.528. The van der Waals surface area contributed by atoms with Crippen molar-refractivity contribution in [3.63, 3.8) is 0 Å². The van der Waals surface area contributed by atoms with Gasteiger partial charge in [0.05, 0.1) is 0 Å². The van der Waals surface area contributed by atoms with Gasteiger partial charge in [-0.15, -0.1) is 0 Å². The number of hydrogen-bond acceptors (Lipinski definition) is 4. The van der Waals surface area contributed by atoms with Crippen molar-refractivity contribution in [1.82, 2.24) is 5.32 Å². The van der Waals surface area contributed by atoms with Crippen LogP contribution in [-0.2, 0) is 14.3 Å². The van der Waals surface area contributed by atoms with Gasteiger partial charge in [-0.3, -0.25) is 4.79 Å². The monoisotopic (exact) mass is 248 g/mol. The van der Waals surface area contributed by atoms with Crippen LogP contribution in [0.15, 0.2) is 12.7 Å². The summed E-state index contributed by atoms with van der Waals surface area (Å²) < 4.78 is 17.3. The molecule has 0 aliphatic heterocycles. The number of carbonyl (C=O) groups is 3. The number of hydrogen-bond donors (Lipinski definition) is 3. The molecule has 0 aromatic carbocycles. The SMILES string of the molecule is C=CCOC(=O)N[C@H](C[C@@H](F)C(N)=O)C(=O)O. The smallest absolute Gasteiger partial charge is 0.408 e. The predicted octanol–water partition coefficient (Wildman–Crippen LogP) is -0.435. The van der Waals surface area contributed by atoms with Crippen molar-refractivity contribution in [2.45, 2.75) is 18.6 Å². The van der Waals surface area contributed by atoms with Crippen LogP contribution in [0.2, 0.25) is 0 Å². The molecule has 0 aliphatic rings. The second-order valence-corrected chi connectivity index (χ2v) is 3.03. The van der Waals surface area contributed by atoms with Gasteiger partial charge in [0.25, 0.3) is 5.91 Å². The van der Waals surface area contributed by atoms with Crippen LogP contribution in [0.4, 0.5) is 9.18 Å². The minimum atomic E-state index is -2.16. The number of alkyl halides is 1. The highest BCUT2D eigenvalue weighted by atomic mass is 19.1. The lowest BCUT2D eigenvalue weighted by atomic mass is 10.1. The highest BCUT2D eigenvalue weighted by molar-refractivity contribution is 5.83. The number of carboxylic acid groups (broad SMARTS) is 1. The average molecular weight is 248 g/mol. The molecule has 96 valence electrons. The maximum Gasteiger partial charge on any atom is 0.408 e. The molecule has 4 N–H and O–H groups in total. The number of alkyl carbamates (subject to hydrolysis) is 1. The number of nitrogens with two attached hydrogens (primary N) is 1. The zero-order valence-electron chi connectivity index (χ0n) is 8.89. The van der Waals surface area contributed by atoms with Gasteiger partial charge < -0.3 is 20.9 Å². The van der Waals surface area contributed by atoms with Crippen LogP contribution in [0.3, 0.4) is 0 Å². The maximum absolute atomic E-state index is 12.9. The van der Waals surface area contributed by atoms with E-state index in [2.05, 4.69) is 17.0 Å². The van der Waals surface area contributed by atoms with Crippen LogP contribution in [0, 0.1) is 0 Å². The standard InChI is InChI=1S/C9H13FN2O5/c1-2-3-17-9(16)12-6(8(14)15)4-5(10)7(11)13/h2,5-6H,1,3-4H2,(H2,11,13)(H,12,16)(H,14,15)/t5-,6-/m1/s1. The van der Waals surface area contributed by atoms with Gasteiger partial charge in [0.15, 0.2) is 6.17 Å². The van der Waals surface area contributed by atoms with Crippen LogP contribution in [-0.4, -0.2) is 41.9 Å². The molecule has 8 heteroatoms. The summed E-state index contributed by atoms with van der Waals surface area (Å²) in [6.07, 6.45) is -2.69. The lowest BCUT2D eigenvalue weighted by Crippen LogP contribution is -2.44. The molecule has 0 saturated carbocycles. The number of aliphatic carboxylic acids is 1. The molecule has 2 amide bonds. The summed E-state index contributed by atoms with van der Waals surface area (Å²) in [5, 5.41) is 10.5. The number of primary amides is 1. The summed E-state index contributed by atoms with van der Waals surface area (Å²) in [6.45, 7) is 3.16. The molecule has 7 nitrogen and oxygen atoms in total. The third-order valence-electron chi connectivity index (χ3n) is 1.67. The Morgan fingerprint density at radius 1 is 1.53 bits per heavy atom. The molecule has 2 atom stereocenters. The van der Waals surface area contributed by atoms with Gasteiger partial charge in [0.2, 0.25) is 0 Å². The Kier molecular flexibility index (Phi) is 6.30. The molecule has 0 radical (unpaired) electrons. The van der Waals surface area contributed by atoms with E-state index in [1.54, 1.807) is 0 Å². The number of carboxylic acids is 1. The fourth-order valence-corrected chi connectivity index (χ4v) is 0.863. The first-order valence-electron chi connectivity index (χ1n) is 4.58. The summed E-state index contributed by atoms with van der Waals surface area (Å²) >= 11 is 0. The van der Waals surface area contributed by atoms with Crippen molar-refractivity contribution in [1.29, 1.82) is 0 Å². The molecule has 0 heterocycles. The van der Waals surface area contributed by atoms with Gasteiger partial charge in [-0.2, -0.15) is 0 Å². The van der Waals surface area contributed by atoms with E-state index in [4.69, 9.17) is 5.11 Å². The number of nitrogens with one attached hydrogen (secondary N) is 1. The van der Waals surface area contributed by atoms with Gasteiger partial charge in [0.1, 0.15) is 12.6 Å². The third kappa shape index (κ3) is 6.13. The van der Waals surface area contributed by atoms with Crippen molar-refractivity contribution in [2.24, 2.45) is 5.73 Å². The van der Waals surface area contributed by atoms with Gasteiger partial charge in [-0.25, -0.2) is 14.0 Å². The third-order valence-corrected chi connectivity index (χ3v) is 1.67. The molecule has 0 fully saturated rings. The lowest BCUT2D eigenvalue weighted by Gasteiger charge is -2.14. The van der Waals surface area contributed by atoms with E-state index in [0.717, 1.165) is 0 Å². The molecular formula is C9H13FN2O5. The minimum absolute atomic E-state index is 0.118. The second kappa shape index (κ2) is 7.20. The van der Waals surface area contributed by atoms with Crippen molar-refractivity contribution >= 4 is 18.0 Å². The fraction of sp³-hybridized carbons (Fsp3) is 0.444. The Morgan fingerprint density at radius 3 is 2.53 bits per heavy atom. The van der Waals surface area contributed by atoms with E-state index in [1.807, 2.05) is 5.32 Å². The van der Waals surface area contributed by atoms with Gasteiger partial charge >= 0.3 is 12.1 Å². The first-order chi connectivity index (χ1) is 7.88. The number of rotatable bonds is 7. The first kappa shape index (κ1) is 14.9. The zero-order chi connectivity index (χ0) is 13.4. The van der Waals surface area contributed by atoms with E-state index >= 15 is 0 Å². The maximum atomic E-state index is 12.9. The Bertz CT molecular complexity index is 321. The average Bonchev–Trinajstić information content (AvgIpc) is 2.24. The van der Waals surface area contributed by atoms with Crippen molar-refractivity contribution in [3.05, 3.63) is 12.7 Å². The number of halogens is 1. The van der Waals surface area contributed by atoms with Gasteiger partial charge in [-0.1, -0.05) is 12.7 Å². The molecule has 0 unspecified atom stereocenters. The van der Waals surface area contributed by atoms with E-state index in [9.17, 15) is 18.8 Å². The molecule has 0 saturated heterocycles. The van der Waals surface area contributed by atoms with E-state index < -0.39 is 36.6 Å². The highest BCUT2D eigenvalue weighted by Crippen LogP contribution is 2.03. The lowest BCUT2D eigenvalue weighted by molar-refractivity contribution is -0.140. The molecule has 17 heavy (non-hydrogen) atoms. The highest BCUT2D eigenvalue weighted by Gasteiger charge is 2.27. The Balaban J connectivity index is 4.34. The molecule has 0 rings (SSSR count). The number of amides is 2. The Morgan fingerprint density at radius 2 is 2.12 bits per heavy atom. The van der Waals surface area contributed by atoms with Gasteiger partial charge in [0, 0.05) is 6.42 Å². The van der Waals surface area contributed by atoms with Crippen molar-refractivity contribution < 1.29 is 28.6 Å². The Hall–Kier alpha value is -2.12. The molecule has 0 bridgehead atoms. The summed E-state index contributed by atoms with van der Waals surface area (Å²) in [6, 6.07) is -1.59. The zero-order valence-corrected chi connectivity index (χ0v) is 8.89. The summed E-state index contributed by atoms with van der Waals surface area (Å²) in [4.78, 5) is 32.1. The fourth-order valence-electron chi connectivity index (χ4n) is 0.863. The van der Waals surface area contributed by atoms with Crippen LogP contribution in [0.25, 0.3) is 0 Å². The van der Waals surface area contributed by atoms with Crippen LogP contribution < -0.4 is 11.1 Å². The largest absolute Gasteiger partial charge is 0.480 e. The summed E-state index contributed by atoms with van der Waals surface area (Å²) in [5.41, 5.74) is 4.63. The number of carbonyl (C=O) groups excluding carboxylic acids is 2. The normalized spacial score (nSPS) is 13.2. The van der Waals surface area contributed by atoms with Crippen LogP contribution in [0.5, 0.6) is 0 Å². The summed E-state index contributed by atoms with van der Waals surface area (Å²) in [7, 11) is 0. The molecule has 0 spiro atoms. The Labute approximate surface area is 96.4 Å². The number of ether oxygens (including phenoxy) is 1.